The zero-order valence-electron chi connectivity index (χ0n) is 11.3. The first-order chi connectivity index (χ1) is 8.86. The molecule has 2 rings (SSSR count). The van der Waals surface area contributed by atoms with Gasteiger partial charge in [-0.15, -0.1) is 11.3 Å². The van der Waals surface area contributed by atoms with E-state index >= 15 is 0 Å². The minimum Gasteiger partial charge on any atom is -0.391 e. The Labute approximate surface area is 122 Å². The van der Waals surface area contributed by atoms with Gasteiger partial charge in [-0.1, -0.05) is 13.8 Å². The van der Waals surface area contributed by atoms with Gasteiger partial charge in [0.2, 0.25) is 10.0 Å². The van der Waals surface area contributed by atoms with Crippen molar-refractivity contribution in [1.29, 1.82) is 0 Å². The first kappa shape index (κ1) is 15.3. The van der Waals surface area contributed by atoms with Crippen LogP contribution in [0.5, 0.6) is 0 Å². The van der Waals surface area contributed by atoms with Crippen molar-refractivity contribution < 1.29 is 13.5 Å². The van der Waals surface area contributed by atoms with Crippen LogP contribution in [0.15, 0.2) is 10.3 Å². The molecule has 7 heteroatoms. The third-order valence-electron chi connectivity index (χ3n) is 3.12. The molecular weight excluding hydrogens is 302 g/mol. The van der Waals surface area contributed by atoms with Crippen molar-refractivity contribution in [1.82, 2.24) is 4.31 Å². The van der Waals surface area contributed by atoms with Gasteiger partial charge in [0.15, 0.2) is 0 Å². The summed E-state index contributed by atoms with van der Waals surface area (Å²) in [4.78, 5) is 0.849. The van der Waals surface area contributed by atoms with E-state index in [9.17, 15) is 13.5 Å². The molecule has 108 valence electrons. The summed E-state index contributed by atoms with van der Waals surface area (Å²) in [5.74, 6) is 0. The normalized spacial score (nSPS) is 25.7. The minimum absolute atomic E-state index is 0.221. The third-order valence-corrected chi connectivity index (χ3v) is 7.62. The molecule has 0 amide bonds. The fraction of sp³-hybridized carbons (Fsp3) is 0.667. The highest BCUT2D eigenvalue weighted by atomic mass is 32.2. The van der Waals surface area contributed by atoms with Gasteiger partial charge in [0.25, 0.3) is 0 Å². The second-order valence-electron chi connectivity index (χ2n) is 4.91. The Hall–Kier alpha value is -0.0800. The predicted octanol–water partition coefficient (Wildman–Crippen LogP) is 2.06. The molecule has 2 atom stereocenters. The molecule has 1 aromatic rings. The van der Waals surface area contributed by atoms with E-state index < -0.39 is 10.0 Å². The number of sulfonamides is 1. The van der Waals surface area contributed by atoms with Crippen LogP contribution in [0.25, 0.3) is 0 Å². The zero-order valence-corrected chi connectivity index (χ0v) is 13.7. The van der Waals surface area contributed by atoms with Crippen molar-refractivity contribution >= 4 is 33.1 Å². The molecule has 2 heterocycles. The van der Waals surface area contributed by atoms with Crippen molar-refractivity contribution in [2.24, 2.45) is 0 Å². The van der Waals surface area contributed by atoms with Crippen LogP contribution < -0.4 is 0 Å². The molecule has 1 saturated heterocycles. The van der Waals surface area contributed by atoms with Crippen LogP contribution in [0.1, 0.15) is 24.3 Å². The Morgan fingerprint density at radius 1 is 1.37 bits per heavy atom. The molecular formula is C12H19NO3S3. The molecule has 19 heavy (non-hydrogen) atoms. The van der Waals surface area contributed by atoms with Crippen LogP contribution in [-0.2, 0) is 16.6 Å². The number of hydrogen-bond acceptors (Lipinski definition) is 5. The van der Waals surface area contributed by atoms with Crippen LogP contribution in [0.4, 0.5) is 0 Å². The largest absolute Gasteiger partial charge is 0.391 e. The van der Waals surface area contributed by atoms with E-state index in [1.54, 1.807) is 16.6 Å². The summed E-state index contributed by atoms with van der Waals surface area (Å²) >= 11 is 3.13. The van der Waals surface area contributed by atoms with Crippen LogP contribution in [0.3, 0.4) is 0 Å². The zero-order chi connectivity index (χ0) is 14.2. The second kappa shape index (κ2) is 5.73. The molecule has 1 N–H and O–H groups in total. The molecule has 2 unspecified atom stereocenters. The Bertz CT molecular complexity index is 543. The molecule has 0 bridgehead atoms. The molecule has 1 aliphatic rings. The van der Waals surface area contributed by atoms with Gasteiger partial charge in [0.05, 0.1) is 11.5 Å². The van der Waals surface area contributed by atoms with Crippen molar-refractivity contribution in [2.45, 2.75) is 42.8 Å². The highest BCUT2D eigenvalue weighted by Crippen LogP contribution is 2.33. The van der Waals surface area contributed by atoms with Crippen LogP contribution >= 0.6 is 23.1 Å². The van der Waals surface area contributed by atoms with Gasteiger partial charge in [-0.3, -0.25) is 0 Å². The quantitative estimate of drug-likeness (QED) is 0.926. The fourth-order valence-corrected chi connectivity index (χ4v) is 7.14. The van der Waals surface area contributed by atoms with Crippen molar-refractivity contribution in [2.75, 3.05) is 13.1 Å². The summed E-state index contributed by atoms with van der Waals surface area (Å²) in [5, 5.41) is 11.7. The lowest BCUT2D eigenvalue weighted by Gasteiger charge is -2.33. The van der Waals surface area contributed by atoms with Gasteiger partial charge in [0, 0.05) is 23.6 Å². The Kier molecular flexibility index (Phi) is 4.62. The number of aliphatic hydroxyl groups excluding tert-OH is 1. The highest BCUT2D eigenvalue weighted by molar-refractivity contribution is 8.00. The Balaban J connectivity index is 2.39. The van der Waals surface area contributed by atoms with Crippen LogP contribution in [0.2, 0.25) is 0 Å². The van der Waals surface area contributed by atoms with Crippen LogP contribution in [0, 0.1) is 6.92 Å². The van der Waals surface area contributed by atoms with E-state index in [1.165, 1.54) is 11.3 Å². The molecule has 4 nitrogen and oxygen atoms in total. The lowest BCUT2D eigenvalue weighted by atomic mass is 10.3. The average Bonchev–Trinajstić information content (AvgIpc) is 2.69. The Morgan fingerprint density at radius 3 is 2.47 bits per heavy atom. The molecule has 0 aromatic carbocycles. The summed E-state index contributed by atoms with van der Waals surface area (Å²) in [6, 6.07) is 0. The number of nitrogens with zero attached hydrogens (tertiary/aromatic N) is 1. The molecule has 1 aliphatic heterocycles. The van der Waals surface area contributed by atoms with Gasteiger partial charge < -0.3 is 5.11 Å². The second-order valence-corrected chi connectivity index (χ2v) is 9.63. The van der Waals surface area contributed by atoms with Crippen molar-refractivity contribution in [3.8, 4) is 0 Å². The summed E-state index contributed by atoms with van der Waals surface area (Å²) in [6.07, 6.45) is 0. The smallest absolute Gasteiger partial charge is 0.244 e. The monoisotopic (exact) mass is 321 g/mol. The lowest BCUT2D eigenvalue weighted by molar-refractivity contribution is 0.282. The standard InChI is InChI=1S/C12H19NO3S3/c1-8-7-17-11(6-14)12(8)19(15,16)13-4-9(2)18-10(3)5-13/h7,9-10,14H,4-6H2,1-3H3. The van der Waals surface area contributed by atoms with Gasteiger partial charge >= 0.3 is 0 Å². The van der Waals surface area contributed by atoms with E-state index in [-0.39, 0.29) is 6.61 Å². The molecule has 1 aromatic heterocycles. The molecule has 0 saturated carbocycles. The number of aliphatic hydroxyl groups is 1. The first-order valence-electron chi connectivity index (χ1n) is 6.19. The predicted molar refractivity (Wildman–Crippen MR) is 80.3 cm³/mol. The SMILES string of the molecule is Cc1csc(CO)c1S(=O)(=O)N1CC(C)SC(C)C1. The number of hydrogen-bond donors (Lipinski definition) is 1. The maximum absolute atomic E-state index is 12.8. The summed E-state index contributed by atoms with van der Waals surface area (Å²) in [5.41, 5.74) is 0.729. The molecule has 0 spiro atoms. The summed E-state index contributed by atoms with van der Waals surface area (Å²) < 4.78 is 27.1. The summed E-state index contributed by atoms with van der Waals surface area (Å²) in [7, 11) is -3.49. The van der Waals surface area contributed by atoms with Gasteiger partial charge in [-0.05, 0) is 17.9 Å². The maximum atomic E-state index is 12.8. The third kappa shape index (κ3) is 3.00. The number of aryl methyl sites for hydroxylation is 1. The van der Waals surface area contributed by atoms with Gasteiger partial charge in [0.1, 0.15) is 4.90 Å². The fourth-order valence-electron chi connectivity index (χ4n) is 2.40. The molecule has 0 radical (unpaired) electrons. The number of thiophene rings is 1. The number of rotatable bonds is 3. The molecule has 0 aliphatic carbocycles. The van der Waals surface area contributed by atoms with E-state index in [4.69, 9.17) is 0 Å². The summed E-state index contributed by atoms with van der Waals surface area (Å²) in [6.45, 7) is 6.75. The first-order valence-corrected chi connectivity index (χ1v) is 9.46. The topological polar surface area (TPSA) is 57.6 Å². The number of thioether (sulfide) groups is 1. The van der Waals surface area contributed by atoms with E-state index in [1.807, 2.05) is 11.8 Å². The van der Waals surface area contributed by atoms with Crippen LogP contribution in [-0.4, -0.2) is 41.4 Å². The van der Waals surface area contributed by atoms with Gasteiger partial charge in [-0.2, -0.15) is 16.1 Å². The average molecular weight is 321 g/mol. The van der Waals surface area contributed by atoms with E-state index in [0.717, 1.165) is 5.56 Å². The maximum Gasteiger partial charge on any atom is 0.244 e. The molecule has 1 fully saturated rings. The lowest BCUT2D eigenvalue weighted by Crippen LogP contribution is -2.44. The van der Waals surface area contributed by atoms with Crippen molar-refractivity contribution in [3.63, 3.8) is 0 Å². The van der Waals surface area contributed by atoms with Crippen molar-refractivity contribution in [3.05, 3.63) is 15.8 Å². The minimum atomic E-state index is -3.49. The van der Waals surface area contributed by atoms with Gasteiger partial charge in [-0.25, -0.2) is 8.42 Å². The Morgan fingerprint density at radius 2 is 1.95 bits per heavy atom. The van der Waals surface area contributed by atoms with E-state index in [2.05, 4.69) is 13.8 Å². The van der Waals surface area contributed by atoms with E-state index in [0.29, 0.717) is 33.4 Å². The highest BCUT2D eigenvalue weighted by Gasteiger charge is 2.34.